The van der Waals surface area contributed by atoms with E-state index in [4.69, 9.17) is 0 Å². The number of hydrogen-bond acceptors (Lipinski definition) is 4. The number of hydrogen-bond donors (Lipinski definition) is 1. The molecule has 4 rings (SSSR count). The van der Waals surface area contributed by atoms with Gasteiger partial charge in [-0.05, 0) is 31.0 Å². The van der Waals surface area contributed by atoms with Gasteiger partial charge in [-0.25, -0.2) is 0 Å². The number of aryl methyl sites for hydroxylation is 1. The number of fused-ring (bicyclic) bond motifs is 1. The topological polar surface area (TPSA) is 63.0 Å². The molecule has 3 aromatic rings. The Bertz CT molecular complexity index is 919. The molecule has 1 fully saturated rings. The van der Waals surface area contributed by atoms with Crippen LogP contribution in [-0.4, -0.2) is 45.2 Å². The van der Waals surface area contributed by atoms with Crippen molar-refractivity contribution in [1.29, 1.82) is 0 Å². The molecule has 0 radical (unpaired) electrons. The number of benzene rings is 1. The fourth-order valence-electron chi connectivity index (χ4n) is 3.57. The van der Waals surface area contributed by atoms with E-state index >= 15 is 0 Å². The summed E-state index contributed by atoms with van der Waals surface area (Å²) in [5, 5.41) is 8.28. The van der Waals surface area contributed by atoms with Gasteiger partial charge >= 0.3 is 0 Å². The molecule has 0 spiro atoms. The second-order valence-electron chi connectivity index (χ2n) is 7.04. The lowest BCUT2D eigenvalue weighted by atomic mass is 10.1. The predicted octanol–water partition coefficient (Wildman–Crippen LogP) is 2.22. The molecule has 1 aromatic carbocycles. The van der Waals surface area contributed by atoms with Gasteiger partial charge in [-0.2, -0.15) is 5.10 Å². The summed E-state index contributed by atoms with van der Waals surface area (Å²) in [5.74, 6) is 0.443. The zero-order valence-corrected chi connectivity index (χ0v) is 14.9. The summed E-state index contributed by atoms with van der Waals surface area (Å²) in [6, 6.07) is 9.74. The number of pyridine rings is 1. The highest BCUT2D eigenvalue weighted by molar-refractivity contribution is 5.97. The summed E-state index contributed by atoms with van der Waals surface area (Å²) in [6.07, 6.45) is 6.74. The molecule has 0 aliphatic carbocycles. The summed E-state index contributed by atoms with van der Waals surface area (Å²) in [7, 11) is 1.94. The van der Waals surface area contributed by atoms with Crippen LogP contribution in [0.3, 0.4) is 0 Å². The van der Waals surface area contributed by atoms with Crippen molar-refractivity contribution < 1.29 is 4.79 Å². The Morgan fingerprint density at radius 2 is 2.19 bits per heavy atom. The van der Waals surface area contributed by atoms with Gasteiger partial charge in [-0.15, -0.1) is 0 Å². The van der Waals surface area contributed by atoms with Gasteiger partial charge in [-0.1, -0.05) is 18.2 Å². The molecule has 1 aliphatic rings. The van der Waals surface area contributed by atoms with Gasteiger partial charge in [0.2, 0.25) is 0 Å². The fraction of sp³-hybridized carbons (Fsp3) is 0.350. The Hall–Kier alpha value is -2.73. The van der Waals surface area contributed by atoms with Crippen molar-refractivity contribution in [2.45, 2.75) is 13.0 Å². The monoisotopic (exact) mass is 349 g/mol. The largest absolute Gasteiger partial charge is 0.352 e. The van der Waals surface area contributed by atoms with Crippen LogP contribution >= 0.6 is 0 Å². The SMILES string of the molecule is Cn1cc(CN2CC[C@H](CNC(=O)c3cnc4ccccc4c3)C2)cn1. The summed E-state index contributed by atoms with van der Waals surface area (Å²) in [6.45, 7) is 3.69. The average molecular weight is 349 g/mol. The Morgan fingerprint density at radius 1 is 1.31 bits per heavy atom. The second kappa shape index (κ2) is 7.25. The number of para-hydroxylation sites is 1. The van der Waals surface area contributed by atoms with E-state index in [9.17, 15) is 4.79 Å². The fourth-order valence-corrected chi connectivity index (χ4v) is 3.57. The lowest BCUT2D eigenvalue weighted by Crippen LogP contribution is -2.31. The molecule has 1 aliphatic heterocycles. The summed E-state index contributed by atoms with van der Waals surface area (Å²) in [5.41, 5.74) is 2.76. The first-order valence-corrected chi connectivity index (χ1v) is 9.00. The summed E-state index contributed by atoms with van der Waals surface area (Å²) in [4.78, 5) is 19.2. The molecular formula is C20H23N5O. The smallest absolute Gasteiger partial charge is 0.252 e. The van der Waals surface area contributed by atoms with E-state index in [2.05, 4.69) is 26.5 Å². The molecule has 0 bridgehead atoms. The maximum absolute atomic E-state index is 12.4. The number of aromatic nitrogens is 3. The van der Waals surface area contributed by atoms with Crippen LogP contribution < -0.4 is 5.32 Å². The zero-order valence-electron chi connectivity index (χ0n) is 14.9. The van der Waals surface area contributed by atoms with Gasteiger partial charge in [0.15, 0.2) is 0 Å². The highest BCUT2D eigenvalue weighted by Gasteiger charge is 2.23. The first kappa shape index (κ1) is 16.7. The van der Waals surface area contributed by atoms with Gasteiger partial charge in [-0.3, -0.25) is 19.4 Å². The van der Waals surface area contributed by atoms with Crippen LogP contribution in [0.2, 0.25) is 0 Å². The number of carbonyl (C=O) groups is 1. The van der Waals surface area contributed by atoms with E-state index in [1.54, 1.807) is 6.20 Å². The predicted molar refractivity (Wildman–Crippen MR) is 101 cm³/mol. The molecule has 3 heterocycles. The molecule has 1 N–H and O–H groups in total. The normalized spacial score (nSPS) is 17.7. The van der Waals surface area contributed by atoms with Crippen LogP contribution in [-0.2, 0) is 13.6 Å². The van der Waals surface area contributed by atoms with Crippen molar-refractivity contribution in [2.75, 3.05) is 19.6 Å². The first-order valence-electron chi connectivity index (χ1n) is 9.00. The first-order chi connectivity index (χ1) is 12.7. The van der Waals surface area contributed by atoms with E-state index in [1.807, 2.05) is 48.3 Å². The number of likely N-dealkylation sites (tertiary alicyclic amines) is 1. The van der Waals surface area contributed by atoms with Crippen LogP contribution in [0.15, 0.2) is 48.9 Å². The third-order valence-corrected chi connectivity index (χ3v) is 4.94. The molecular weight excluding hydrogens is 326 g/mol. The second-order valence-corrected chi connectivity index (χ2v) is 7.04. The third-order valence-electron chi connectivity index (χ3n) is 4.94. The van der Waals surface area contributed by atoms with E-state index in [0.717, 1.165) is 37.0 Å². The number of carbonyl (C=O) groups excluding carboxylic acids is 1. The molecule has 0 unspecified atom stereocenters. The molecule has 1 saturated heterocycles. The van der Waals surface area contributed by atoms with Crippen molar-refractivity contribution in [3.8, 4) is 0 Å². The van der Waals surface area contributed by atoms with Gasteiger partial charge in [0.1, 0.15) is 0 Å². The maximum atomic E-state index is 12.4. The molecule has 6 nitrogen and oxygen atoms in total. The molecule has 2 aromatic heterocycles. The van der Waals surface area contributed by atoms with Crippen LogP contribution in [0.25, 0.3) is 10.9 Å². The van der Waals surface area contributed by atoms with Crippen molar-refractivity contribution in [1.82, 2.24) is 25.0 Å². The quantitative estimate of drug-likeness (QED) is 0.767. The standard InChI is InChI=1S/C20H23N5O/c1-24-12-16(10-23-24)14-25-7-6-15(13-25)9-22-20(26)18-8-17-4-2-3-5-19(17)21-11-18/h2-5,8,10-12,15H,6-7,9,13-14H2,1H3,(H,22,26)/t15-/m1/s1. The highest BCUT2D eigenvalue weighted by Crippen LogP contribution is 2.18. The number of nitrogens with zero attached hydrogens (tertiary/aromatic N) is 4. The molecule has 1 atom stereocenters. The Kier molecular flexibility index (Phi) is 4.67. The van der Waals surface area contributed by atoms with Crippen molar-refractivity contribution in [2.24, 2.45) is 13.0 Å². The number of nitrogens with one attached hydrogen (secondary N) is 1. The van der Waals surface area contributed by atoms with E-state index < -0.39 is 0 Å². The molecule has 0 saturated carbocycles. The van der Waals surface area contributed by atoms with Crippen LogP contribution in [0.1, 0.15) is 22.3 Å². The Labute approximate surface area is 152 Å². The molecule has 26 heavy (non-hydrogen) atoms. The van der Waals surface area contributed by atoms with Crippen LogP contribution in [0, 0.1) is 5.92 Å². The lowest BCUT2D eigenvalue weighted by Gasteiger charge is -2.15. The minimum absolute atomic E-state index is 0.0473. The lowest BCUT2D eigenvalue weighted by molar-refractivity contribution is 0.0947. The van der Waals surface area contributed by atoms with Crippen molar-refractivity contribution in [3.63, 3.8) is 0 Å². The maximum Gasteiger partial charge on any atom is 0.252 e. The van der Waals surface area contributed by atoms with Crippen molar-refractivity contribution in [3.05, 3.63) is 60.0 Å². The number of rotatable bonds is 5. The van der Waals surface area contributed by atoms with Crippen LogP contribution in [0.4, 0.5) is 0 Å². The Morgan fingerprint density at radius 3 is 3.04 bits per heavy atom. The van der Waals surface area contributed by atoms with E-state index in [0.29, 0.717) is 18.0 Å². The summed E-state index contributed by atoms with van der Waals surface area (Å²) >= 11 is 0. The van der Waals surface area contributed by atoms with Gasteiger partial charge in [0.25, 0.3) is 5.91 Å². The molecule has 134 valence electrons. The van der Waals surface area contributed by atoms with E-state index in [1.165, 1.54) is 5.56 Å². The molecule has 1 amide bonds. The van der Waals surface area contributed by atoms with Gasteiger partial charge < -0.3 is 5.32 Å². The van der Waals surface area contributed by atoms with Gasteiger partial charge in [0.05, 0.1) is 17.3 Å². The number of amides is 1. The van der Waals surface area contributed by atoms with E-state index in [-0.39, 0.29) is 5.91 Å². The molecule has 6 heteroatoms. The zero-order chi connectivity index (χ0) is 17.9. The van der Waals surface area contributed by atoms with Gasteiger partial charge in [0, 0.05) is 50.0 Å². The van der Waals surface area contributed by atoms with Crippen molar-refractivity contribution >= 4 is 16.8 Å². The minimum Gasteiger partial charge on any atom is -0.352 e. The minimum atomic E-state index is -0.0473. The summed E-state index contributed by atoms with van der Waals surface area (Å²) < 4.78 is 1.83. The highest BCUT2D eigenvalue weighted by atomic mass is 16.1. The van der Waals surface area contributed by atoms with Crippen LogP contribution in [0.5, 0.6) is 0 Å². The average Bonchev–Trinajstić information content (AvgIpc) is 3.28. The Balaban J connectivity index is 1.30. The third kappa shape index (κ3) is 3.75.